The Bertz CT molecular complexity index is 1110. The Morgan fingerprint density at radius 1 is 1.04 bits per heavy atom. The standard InChI is InChI=1S/C21H19N3O3S/c1-26-17-7-8-19-20(12-17)24-21(23-19)28(25)14-16-11-18(9-10-22-16)27-13-15-5-3-2-4-6-15/h2-12H,13-14H2,1H3,(H,23,24). The van der Waals surface area contributed by atoms with Crippen molar-refractivity contribution in [2.45, 2.75) is 17.5 Å². The molecule has 0 fully saturated rings. The van der Waals surface area contributed by atoms with Gasteiger partial charge in [-0.05, 0) is 23.8 Å². The second-order valence-electron chi connectivity index (χ2n) is 6.17. The van der Waals surface area contributed by atoms with Crippen LogP contribution in [-0.2, 0) is 23.2 Å². The number of imidazole rings is 1. The first-order chi connectivity index (χ1) is 13.7. The predicted octanol–water partition coefficient (Wildman–Crippen LogP) is 3.85. The molecule has 28 heavy (non-hydrogen) atoms. The Hall–Kier alpha value is -3.19. The molecule has 0 aliphatic carbocycles. The molecule has 6 nitrogen and oxygen atoms in total. The van der Waals surface area contributed by atoms with E-state index in [0.717, 1.165) is 22.3 Å². The van der Waals surface area contributed by atoms with Crippen molar-refractivity contribution >= 4 is 21.8 Å². The van der Waals surface area contributed by atoms with E-state index in [0.29, 0.717) is 23.2 Å². The highest BCUT2D eigenvalue weighted by Crippen LogP contribution is 2.21. The van der Waals surface area contributed by atoms with Crippen LogP contribution >= 0.6 is 0 Å². The monoisotopic (exact) mass is 393 g/mol. The maximum atomic E-state index is 12.7. The number of hydrogen-bond acceptors (Lipinski definition) is 5. The third kappa shape index (κ3) is 4.20. The van der Waals surface area contributed by atoms with Crippen molar-refractivity contribution in [1.82, 2.24) is 15.0 Å². The van der Waals surface area contributed by atoms with Crippen molar-refractivity contribution in [3.05, 3.63) is 78.1 Å². The maximum absolute atomic E-state index is 12.7. The van der Waals surface area contributed by atoms with E-state index < -0.39 is 10.8 Å². The summed E-state index contributed by atoms with van der Waals surface area (Å²) in [5, 5.41) is 0.417. The Labute approximate surface area is 165 Å². The molecule has 4 rings (SSSR count). The van der Waals surface area contributed by atoms with Gasteiger partial charge in [0.05, 0.1) is 40.4 Å². The second-order valence-corrected chi connectivity index (χ2v) is 7.54. The summed E-state index contributed by atoms with van der Waals surface area (Å²) in [6, 6.07) is 19.0. The number of aromatic nitrogens is 3. The van der Waals surface area contributed by atoms with Crippen LogP contribution in [0.15, 0.2) is 72.0 Å². The molecule has 4 aromatic rings. The summed E-state index contributed by atoms with van der Waals surface area (Å²) in [7, 11) is 0.257. The molecule has 0 saturated carbocycles. The Kier molecular flexibility index (Phi) is 5.34. The average molecular weight is 393 g/mol. The molecule has 1 N–H and O–H groups in total. The topological polar surface area (TPSA) is 77.1 Å². The number of methoxy groups -OCH3 is 1. The van der Waals surface area contributed by atoms with E-state index in [1.807, 2.05) is 54.6 Å². The van der Waals surface area contributed by atoms with E-state index >= 15 is 0 Å². The minimum absolute atomic E-state index is 0.249. The van der Waals surface area contributed by atoms with E-state index in [9.17, 15) is 4.21 Å². The van der Waals surface area contributed by atoms with Crippen LogP contribution in [-0.4, -0.2) is 26.3 Å². The Morgan fingerprint density at radius 3 is 2.71 bits per heavy atom. The van der Waals surface area contributed by atoms with E-state index in [-0.39, 0.29) is 5.75 Å². The smallest absolute Gasteiger partial charge is 0.197 e. The first-order valence-electron chi connectivity index (χ1n) is 8.75. The van der Waals surface area contributed by atoms with Gasteiger partial charge in [-0.3, -0.25) is 9.19 Å². The fraction of sp³-hybridized carbons (Fsp3) is 0.143. The van der Waals surface area contributed by atoms with E-state index in [1.165, 1.54) is 0 Å². The van der Waals surface area contributed by atoms with Crippen LogP contribution < -0.4 is 9.47 Å². The first-order valence-corrected chi connectivity index (χ1v) is 10.1. The summed E-state index contributed by atoms with van der Waals surface area (Å²) in [6.45, 7) is 0.471. The number of hydrogen-bond donors (Lipinski definition) is 1. The largest absolute Gasteiger partial charge is 0.497 e. The van der Waals surface area contributed by atoms with Gasteiger partial charge in [0.25, 0.3) is 0 Å². The fourth-order valence-electron chi connectivity index (χ4n) is 2.77. The van der Waals surface area contributed by atoms with Crippen molar-refractivity contribution in [3.63, 3.8) is 0 Å². The van der Waals surface area contributed by atoms with Crippen LogP contribution in [0.1, 0.15) is 11.3 Å². The zero-order chi connectivity index (χ0) is 19.3. The minimum atomic E-state index is -1.35. The zero-order valence-corrected chi connectivity index (χ0v) is 16.1. The second kappa shape index (κ2) is 8.22. The van der Waals surface area contributed by atoms with Crippen LogP contribution in [0.4, 0.5) is 0 Å². The maximum Gasteiger partial charge on any atom is 0.197 e. The van der Waals surface area contributed by atoms with Crippen molar-refractivity contribution in [2.24, 2.45) is 0 Å². The lowest BCUT2D eigenvalue weighted by atomic mass is 10.2. The van der Waals surface area contributed by atoms with Gasteiger partial charge in [-0.2, -0.15) is 0 Å². The van der Waals surface area contributed by atoms with Gasteiger partial charge >= 0.3 is 0 Å². The molecule has 0 amide bonds. The number of fused-ring (bicyclic) bond motifs is 1. The number of nitrogens with zero attached hydrogens (tertiary/aromatic N) is 2. The number of pyridine rings is 1. The summed E-state index contributed by atoms with van der Waals surface area (Å²) in [6.07, 6.45) is 1.66. The fourth-order valence-corrected chi connectivity index (χ4v) is 3.76. The van der Waals surface area contributed by atoms with Crippen LogP contribution in [0, 0.1) is 0 Å². The molecule has 1 atom stereocenters. The van der Waals surface area contributed by atoms with E-state index in [4.69, 9.17) is 9.47 Å². The highest BCUT2D eigenvalue weighted by atomic mass is 32.2. The third-order valence-corrected chi connectivity index (χ3v) is 5.38. The molecule has 0 bridgehead atoms. The molecule has 1 unspecified atom stereocenters. The molecule has 142 valence electrons. The molecular weight excluding hydrogens is 374 g/mol. The lowest BCUT2D eigenvalue weighted by Crippen LogP contribution is -2.02. The van der Waals surface area contributed by atoms with Gasteiger partial charge in [0.2, 0.25) is 0 Å². The van der Waals surface area contributed by atoms with Gasteiger partial charge in [-0.1, -0.05) is 30.3 Å². The molecule has 0 radical (unpaired) electrons. The van der Waals surface area contributed by atoms with Gasteiger partial charge in [-0.15, -0.1) is 0 Å². The van der Waals surface area contributed by atoms with Gasteiger partial charge in [0.1, 0.15) is 18.1 Å². The SMILES string of the molecule is COc1ccc2nc(S(=O)Cc3cc(OCc4ccccc4)ccn3)[nH]c2c1. The lowest BCUT2D eigenvalue weighted by Gasteiger charge is -2.07. The quantitative estimate of drug-likeness (QED) is 0.516. The molecule has 2 aromatic heterocycles. The highest BCUT2D eigenvalue weighted by Gasteiger charge is 2.13. The number of ether oxygens (including phenoxy) is 2. The van der Waals surface area contributed by atoms with Gasteiger partial charge in [0, 0.05) is 18.3 Å². The van der Waals surface area contributed by atoms with Gasteiger partial charge < -0.3 is 14.5 Å². The predicted molar refractivity (Wildman–Crippen MR) is 108 cm³/mol. The van der Waals surface area contributed by atoms with Crippen molar-refractivity contribution in [1.29, 1.82) is 0 Å². The normalized spacial score (nSPS) is 12.0. The average Bonchev–Trinajstić information content (AvgIpc) is 3.17. The number of nitrogens with one attached hydrogen (secondary N) is 1. The molecular formula is C21H19N3O3S. The molecule has 0 aliphatic rings. The number of rotatable bonds is 7. The summed E-state index contributed by atoms with van der Waals surface area (Å²) in [5.74, 6) is 1.66. The molecule has 0 aliphatic heterocycles. The lowest BCUT2D eigenvalue weighted by molar-refractivity contribution is 0.305. The Balaban J connectivity index is 1.45. The number of benzene rings is 2. The molecule has 7 heteroatoms. The van der Waals surface area contributed by atoms with Crippen molar-refractivity contribution in [2.75, 3.05) is 7.11 Å². The number of H-pyrrole nitrogens is 1. The highest BCUT2D eigenvalue weighted by molar-refractivity contribution is 7.84. The Morgan fingerprint density at radius 2 is 1.89 bits per heavy atom. The van der Waals surface area contributed by atoms with Crippen LogP contribution in [0.25, 0.3) is 11.0 Å². The summed E-state index contributed by atoms with van der Waals surface area (Å²) >= 11 is 0. The van der Waals surface area contributed by atoms with Crippen molar-refractivity contribution in [3.8, 4) is 11.5 Å². The molecule has 2 heterocycles. The summed E-state index contributed by atoms with van der Waals surface area (Å²) in [5.41, 5.74) is 3.30. The minimum Gasteiger partial charge on any atom is -0.497 e. The first kappa shape index (κ1) is 18.2. The van der Waals surface area contributed by atoms with Crippen LogP contribution in [0.3, 0.4) is 0 Å². The van der Waals surface area contributed by atoms with Gasteiger partial charge in [-0.25, -0.2) is 4.98 Å². The zero-order valence-electron chi connectivity index (χ0n) is 15.3. The summed E-state index contributed by atoms with van der Waals surface area (Å²) < 4.78 is 23.8. The van der Waals surface area contributed by atoms with Crippen molar-refractivity contribution < 1.29 is 13.7 Å². The number of aromatic amines is 1. The molecule has 0 saturated heterocycles. The summed E-state index contributed by atoms with van der Waals surface area (Å²) in [4.78, 5) is 11.8. The van der Waals surface area contributed by atoms with E-state index in [1.54, 1.807) is 19.4 Å². The van der Waals surface area contributed by atoms with E-state index in [2.05, 4.69) is 15.0 Å². The molecule has 0 spiro atoms. The molecule has 2 aromatic carbocycles. The van der Waals surface area contributed by atoms with Crippen LogP contribution in [0.2, 0.25) is 0 Å². The van der Waals surface area contributed by atoms with Crippen LogP contribution in [0.5, 0.6) is 11.5 Å². The van der Waals surface area contributed by atoms with Gasteiger partial charge in [0.15, 0.2) is 5.16 Å². The third-order valence-electron chi connectivity index (χ3n) is 4.20.